The Labute approximate surface area is 125 Å². The molecule has 0 heterocycles. The number of anilines is 1. The summed E-state index contributed by atoms with van der Waals surface area (Å²) in [5.41, 5.74) is 1.41. The van der Waals surface area contributed by atoms with Crippen molar-refractivity contribution in [1.82, 2.24) is 0 Å². The van der Waals surface area contributed by atoms with E-state index in [1.165, 1.54) is 6.42 Å². The number of halogens is 1. The first-order valence-electron chi connectivity index (χ1n) is 7.32. The van der Waals surface area contributed by atoms with Crippen molar-refractivity contribution >= 4 is 17.3 Å². The van der Waals surface area contributed by atoms with Gasteiger partial charge in [0.2, 0.25) is 0 Å². The molecule has 0 spiro atoms. The van der Waals surface area contributed by atoms with Crippen molar-refractivity contribution in [3.63, 3.8) is 0 Å². The molecule has 0 aliphatic heterocycles. The molecule has 2 atom stereocenters. The van der Waals surface area contributed by atoms with Crippen LogP contribution in [0.25, 0.3) is 0 Å². The molecule has 1 aromatic rings. The molecule has 0 aromatic heterocycles. The van der Waals surface area contributed by atoms with Crippen LogP contribution in [0.15, 0.2) is 18.2 Å². The van der Waals surface area contributed by atoms with E-state index in [1.54, 1.807) is 12.1 Å². The van der Waals surface area contributed by atoms with Crippen LogP contribution in [-0.4, -0.2) is 17.8 Å². The predicted octanol–water partition coefficient (Wildman–Crippen LogP) is 3.95. The molecule has 4 heteroatoms. The predicted molar refractivity (Wildman–Crippen MR) is 81.9 cm³/mol. The number of rotatable bonds is 5. The van der Waals surface area contributed by atoms with Crippen LogP contribution < -0.4 is 5.32 Å². The highest BCUT2D eigenvalue weighted by Gasteiger charge is 2.22. The van der Waals surface area contributed by atoms with E-state index in [0.717, 1.165) is 44.3 Å². The minimum absolute atomic E-state index is 0.117. The van der Waals surface area contributed by atoms with Crippen LogP contribution in [0.3, 0.4) is 0 Å². The Kier molecular flexibility index (Phi) is 5.70. The van der Waals surface area contributed by atoms with E-state index in [-0.39, 0.29) is 6.10 Å². The highest BCUT2D eigenvalue weighted by molar-refractivity contribution is 6.30. The first-order valence-corrected chi connectivity index (χ1v) is 7.70. The van der Waals surface area contributed by atoms with Crippen LogP contribution in [0.1, 0.15) is 44.1 Å². The van der Waals surface area contributed by atoms with E-state index in [4.69, 9.17) is 16.9 Å². The summed E-state index contributed by atoms with van der Waals surface area (Å²) >= 11 is 5.87. The molecule has 1 saturated carbocycles. The monoisotopic (exact) mass is 292 g/mol. The van der Waals surface area contributed by atoms with Crippen molar-refractivity contribution in [3.8, 4) is 6.07 Å². The van der Waals surface area contributed by atoms with E-state index >= 15 is 0 Å². The van der Waals surface area contributed by atoms with Crippen molar-refractivity contribution in [2.24, 2.45) is 5.92 Å². The Morgan fingerprint density at radius 2 is 2.15 bits per heavy atom. The average Bonchev–Trinajstić information content (AvgIpc) is 2.46. The van der Waals surface area contributed by atoms with E-state index < -0.39 is 0 Å². The first kappa shape index (κ1) is 15.2. The number of hydrogen-bond donors (Lipinski definition) is 2. The van der Waals surface area contributed by atoms with Gasteiger partial charge in [0.25, 0.3) is 0 Å². The Balaban J connectivity index is 1.77. The number of hydrogen-bond acceptors (Lipinski definition) is 3. The molecule has 0 bridgehead atoms. The SMILES string of the molecule is N#Cc1cc(Cl)ccc1NCCCC1CCCCC1O. The zero-order chi connectivity index (χ0) is 14.4. The van der Waals surface area contributed by atoms with Crippen LogP contribution in [0, 0.1) is 17.2 Å². The van der Waals surface area contributed by atoms with Gasteiger partial charge in [0, 0.05) is 11.6 Å². The van der Waals surface area contributed by atoms with Crippen LogP contribution in [0.4, 0.5) is 5.69 Å². The lowest BCUT2D eigenvalue weighted by Gasteiger charge is -2.27. The van der Waals surface area contributed by atoms with Gasteiger partial charge in [-0.15, -0.1) is 0 Å². The summed E-state index contributed by atoms with van der Waals surface area (Å²) in [6, 6.07) is 7.45. The van der Waals surface area contributed by atoms with Gasteiger partial charge < -0.3 is 10.4 Å². The number of aliphatic hydroxyl groups is 1. The molecule has 2 N–H and O–H groups in total. The Bertz CT molecular complexity index is 484. The molecule has 2 unspecified atom stereocenters. The number of aliphatic hydroxyl groups excluding tert-OH is 1. The van der Waals surface area contributed by atoms with Gasteiger partial charge in [-0.3, -0.25) is 0 Å². The topological polar surface area (TPSA) is 56.0 Å². The number of nitrogens with zero attached hydrogens (tertiary/aromatic N) is 1. The molecule has 20 heavy (non-hydrogen) atoms. The van der Waals surface area contributed by atoms with Gasteiger partial charge in [-0.25, -0.2) is 0 Å². The number of nitrogens with one attached hydrogen (secondary N) is 1. The van der Waals surface area contributed by atoms with Crippen LogP contribution in [0.2, 0.25) is 5.02 Å². The fourth-order valence-electron chi connectivity index (χ4n) is 2.88. The summed E-state index contributed by atoms with van der Waals surface area (Å²) in [6.07, 6.45) is 6.43. The molecular formula is C16H21ClN2O. The molecule has 0 amide bonds. The summed E-state index contributed by atoms with van der Waals surface area (Å²) in [5, 5.41) is 22.8. The minimum Gasteiger partial charge on any atom is -0.393 e. The van der Waals surface area contributed by atoms with Gasteiger partial charge in [-0.1, -0.05) is 24.4 Å². The summed E-state index contributed by atoms with van der Waals surface area (Å²) < 4.78 is 0. The molecule has 2 rings (SSSR count). The molecule has 0 saturated heterocycles. The Hall–Kier alpha value is -1.24. The summed E-state index contributed by atoms with van der Waals surface area (Å²) in [4.78, 5) is 0. The molecule has 3 nitrogen and oxygen atoms in total. The van der Waals surface area contributed by atoms with Gasteiger partial charge in [0.1, 0.15) is 6.07 Å². The lowest BCUT2D eigenvalue weighted by atomic mass is 9.83. The second kappa shape index (κ2) is 7.52. The second-order valence-electron chi connectivity index (χ2n) is 5.48. The van der Waals surface area contributed by atoms with Crippen molar-refractivity contribution in [2.45, 2.75) is 44.6 Å². The average molecular weight is 293 g/mol. The zero-order valence-electron chi connectivity index (χ0n) is 11.6. The fourth-order valence-corrected chi connectivity index (χ4v) is 3.05. The standard InChI is InChI=1S/C16H21ClN2O/c17-14-7-8-15(13(10-14)11-18)19-9-3-5-12-4-1-2-6-16(12)20/h7-8,10,12,16,19-20H,1-6,9H2. The highest BCUT2D eigenvalue weighted by atomic mass is 35.5. The van der Waals surface area contributed by atoms with E-state index in [2.05, 4.69) is 11.4 Å². The Morgan fingerprint density at radius 1 is 1.35 bits per heavy atom. The van der Waals surface area contributed by atoms with Crippen LogP contribution in [-0.2, 0) is 0 Å². The summed E-state index contributed by atoms with van der Waals surface area (Å²) in [7, 11) is 0. The molecule has 0 radical (unpaired) electrons. The fraction of sp³-hybridized carbons (Fsp3) is 0.562. The van der Waals surface area contributed by atoms with Gasteiger partial charge in [-0.2, -0.15) is 5.26 Å². The highest BCUT2D eigenvalue weighted by Crippen LogP contribution is 2.28. The minimum atomic E-state index is -0.117. The van der Waals surface area contributed by atoms with Gasteiger partial charge >= 0.3 is 0 Å². The molecule has 1 fully saturated rings. The second-order valence-corrected chi connectivity index (χ2v) is 5.92. The van der Waals surface area contributed by atoms with Gasteiger partial charge in [-0.05, 0) is 49.8 Å². The Morgan fingerprint density at radius 3 is 2.90 bits per heavy atom. The molecular weight excluding hydrogens is 272 g/mol. The smallest absolute Gasteiger partial charge is 0.101 e. The normalized spacial score (nSPS) is 22.2. The molecule has 108 valence electrons. The third-order valence-corrected chi connectivity index (χ3v) is 4.27. The maximum absolute atomic E-state index is 9.92. The van der Waals surface area contributed by atoms with E-state index in [1.807, 2.05) is 6.07 Å². The van der Waals surface area contributed by atoms with Crippen molar-refractivity contribution in [3.05, 3.63) is 28.8 Å². The first-order chi connectivity index (χ1) is 9.70. The molecule has 1 aliphatic rings. The molecule has 1 aromatic carbocycles. The van der Waals surface area contributed by atoms with Crippen molar-refractivity contribution in [2.75, 3.05) is 11.9 Å². The maximum Gasteiger partial charge on any atom is 0.101 e. The summed E-state index contributed by atoms with van der Waals surface area (Å²) in [5.74, 6) is 0.450. The van der Waals surface area contributed by atoms with Crippen molar-refractivity contribution in [1.29, 1.82) is 5.26 Å². The van der Waals surface area contributed by atoms with Crippen LogP contribution in [0.5, 0.6) is 0 Å². The lowest BCUT2D eigenvalue weighted by Crippen LogP contribution is -2.24. The quantitative estimate of drug-likeness (QED) is 0.808. The van der Waals surface area contributed by atoms with E-state index in [9.17, 15) is 5.11 Å². The van der Waals surface area contributed by atoms with Crippen molar-refractivity contribution < 1.29 is 5.11 Å². The van der Waals surface area contributed by atoms with Gasteiger partial charge in [0.05, 0.1) is 17.4 Å². The zero-order valence-corrected chi connectivity index (χ0v) is 12.4. The summed E-state index contributed by atoms with van der Waals surface area (Å²) in [6.45, 7) is 0.819. The molecule has 1 aliphatic carbocycles. The number of nitriles is 1. The third-order valence-electron chi connectivity index (χ3n) is 4.04. The van der Waals surface area contributed by atoms with E-state index in [0.29, 0.717) is 16.5 Å². The van der Waals surface area contributed by atoms with Gasteiger partial charge in [0.15, 0.2) is 0 Å². The third kappa shape index (κ3) is 4.13. The van der Waals surface area contributed by atoms with Crippen LogP contribution >= 0.6 is 11.6 Å². The largest absolute Gasteiger partial charge is 0.393 e. The maximum atomic E-state index is 9.92. The number of benzene rings is 1. The lowest BCUT2D eigenvalue weighted by molar-refractivity contribution is 0.0648.